The summed E-state index contributed by atoms with van der Waals surface area (Å²) in [5.74, 6) is 0. The molecule has 2 rings (SSSR count). The molecule has 0 saturated heterocycles. The second kappa shape index (κ2) is 9.12. The number of hydrogen-bond donors (Lipinski definition) is 1. The third-order valence-electron chi connectivity index (χ3n) is 3.92. The molecule has 0 atom stereocenters. The molecular weight excluding hydrogens is 336 g/mol. The summed E-state index contributed by atoms with van der Waals surface area (Å²) in [6.07, 6.45) is 3.97. The molecule has 0 fully saturated rings. The first-order valence-electron chi connectivity index (χ1n) is 8.73. The molecule has 2 aromatic rings. The van der Waals surface area contributed by atoms with E-state index in [0.29, 0.717) is 25.7 Å². The number of sulfonamides is 1. The highest BCUT2D eigenvalue weighted by atomic mass is 32.2. The second-order valence-corrected chi connectivity index (χ2v) is 8.26. The van der Waals surface area contributed by atoms with E-state index in [4.69, 9.17) is 0 Å². The first-order valence-corrected chi connectivity index (χ1v) is 10.2. The lowest BCUT2D eigenvalue weighted by Gasteiger charge is -2.19. The van der Waals surface area contributed by atoms with Crippen molar-refractivity contribution in [2.75, 3.05) is 13.1 Å². The van der Waals surface area contributed by atoms with Gasteiger partial charge in [0.1, 0.15) is 4.90 Å². The summed E-state index contributed by atoms with van der Waals surface area (Å²) >= 11 is 0. The quantitative estimate of drug-likeness (QED) is 0.658. The first-order chi connectivity index (χ1) is 11.9. The Labute approximate surface area is 150 Å². The Bertz CT molecular complexity index is 741. The van der Waals surface area contributed by atoms with Gasteiger partial charge in [-0.2, -0.15) is 9.40 Å². The van der Waals surface area contributed by atoms with Gasteiger partial charge >= 0.3 is 0 Å². The fourth-order valence-electron chi connectivity index (χ4n) is 2.53. The summed E-state index contributed by atoms with van der Waals surface area (Å²) in [6, 6.07) is 10.1. The maximum Gasteiger partial charge on any atom is 0.246 e. The summed E-state index contributed by atoms with van der Waals surface area (Å²) in [5.41, 5.74) is 0.972. The van der Waals surface area contributed by atoms with Gasteiger partial charge in [-0.05, 0) is 18.5 Å². The monoisotopic (exact) mass is 364 g/mol. The van der Waals surface area contributed by atoms with Crippen molar-refractivity contribution < 1.29 is 8.42 Å². The van der Waals surface area contributed by atoms with E-state index in [-0.39, 0.29) is 4.90 Å². The van der Waals surface area contributed by atoms with Crippen LogP contribution in [0.1, 0.15) is 32.8 Å². The second-order valence-electron chi connectivity index (χ2n) is 6.32. The van der Waals surface area contributed by atoms with Gasteiger partial charge in [0.25, 0.3) is 0 Å². The number of aromatic nitrogens is 2. The third kappa shape index (κ3) is 5.66. The fraction of sp³-hybridized carbons (Fsp3) is 0.500. The van der Waals surface area contributed by atoms with E-state index in [2.05, 4.69) is 24.3 Å². The first kappa shape index (κ1) is 19.6. The van der Waals surface area contributed by atoms with E-state index >= 15 is 0 Å². The Hall–Kier alpha value is -1.70. The van der Waals surface area contributed by atoms with Gasteiger partial charge in [0.15, 0.2) is 0 Å². The van der Waals surface area contributed by atoms with Gasteiger partial charge in [-0.3, -0.25) is 4.68 Å². The summed E-state index contributed by atoms with van der Waals surface area (Å²) in [5, 5.41) is 7.55. The van der Waals surface area contributed by atoms with E-state index in [0.717, 1.165) is 18.5 Å². The van der Waals surface area contributed by atoms with Gasteiger partial charge in [-0.25, -0.2) is 8.42 Å². The van der Waals surface area contributed by atoms with E-state index in [1.807, 2.05) is 37.3 Å². The van der Waals surface area contributed by atoms with Crippen LogP contribution in [0.25, 0.3) is 0 Å². The SMILES string of the molecule is CCN(Cc1ccccc1)S(=O)(=O)c1cnn(CCCNC(C)C)c1. The van der Waals surface area contributed by atoms with Crippen molar-refractivity contribution in [1.82, 2.24) is 19.4 Å². The number of nitrogens with zero attached hydrogens (tertiary/aromatic N) is 3. The van der Waals surface area contributed by atoms with Crippen LogP contribution in [0.4, 0.5) is 0 Å². The Morgan fingerprint density at radius 1 is 1.24 bits per heavy atom. The molecule has 0 aliphatic carbocycles. The third-order valence-corrected chi connectivity index (χ3v) is 5.79. The Balaban J connectivity index is 2.02. The Kier molecular flexibility index (Phi) is 7.16. The minimum Gasteiger partial charge on any atom is -0.314 e. The van der Waals surface area contributed by atoms with Crippen molar-refractivity contribution in [1.29, 1.82) is 0 Å². The molecule has 1 aromatic carbocycles. The van der Waals surface area contributed by atoms with E-state index in [1.165, 1.54) is 10.5 Å². The number of benzene rings is 1. The highest BCUT2D eigenvalue weighted by Gasteiger charge is 2.24. The predicted octanol–water partition coefficient (Wildman–Crippen LogP) is 2.48. The molecule has 0 aliphatic rings. The minimum absolute atomic E-state index is 0.252. The van der Waals surface area contributed by atoms with Crippen LogP contribution in [0.15, 0.2) is 47.6 Å². The maximum absolute atomic E-state index is 12.9. The van der Waals surface area contributed by atoms with E-state index < -0.39 is 10.0 Å². The van der Waals surface area contributed by atoms with Gasteiger partial charge in [0, 0.05) is 31.9 Å². The summed E-state index contributed by atoms with van der Waals surface area (Å²) in [7, 11) is -3.54. The zero-order valence-electron chi connectivity index (χ0n) is 15.2. The molecule has 1 heterocycles. The van der Waals surface area contributed by atoms with Gasteiger partial charge in [-0.1, -0.05) is 51.1 Å². The lowest BCUT2D eigenvalue weighted by Crippen LogP contribution is -2.30. The van der Waals surface area contributed by atoms with Crippen molar-refractivity contribution in [2.45, 2.75) is 51.2 Å². The van der Waals surface area contributed by atoms with Crippen molar-refractivity contribution in [2.24, 2.45) is 0 Å². The normalized spacial score (nSPS) is 12.2. The van der Waals surface area contributed by atoms with Gasteiger partial charge < -0.3 is 5.32 Å². The molecule has 0 aliphatic heterocycles. The molecular formula is C18H28N4O2S. The lowest BCUT2D eigenvalue weighted by atomic mass is 10.2. The van der Waals surface area contributed by atoms with E-state index in [9.17, 15) is 8.42 Å². The molecule has 0 saturated carbocycles. The zero-order chi connectivity index (χ0) is 18.3. The van der Waals surface area contributed by atoms with Crippen molar-refractivity contribution in [3.05, 3.63) is 48.3 Å². The molecule has 0 radical (unpaired) electrons. The molecule has 6 nitrogen and oxygen atoms in total. The summed E-state index contributed by atoms with van der Waals surface area (Å²) in [6.45, 7) is 8.41. The van der Waals surface area contributed by atoms with Gasteiger partial charge in [0.2, 0.25) is 10.0 Å². The highest BCUT2D eigenvalue weighted by Crippen LogP contribution is 2.17. The van der Waals surface area contributed by atoms with Crippen molar-refractivity contribution >= 4 is 10.0 Å². The topological polar surface area (TPSA) is 67.2 Å². The van der Waals surface area contributed by atoms with Crippen LogP contribution in [-0.4, -0.2) is 41.6 Å². The average molecular weight is 365 g/mol. The van der Waals surface area contributed by atoms with Gasteiger partial charge in [-0.15, -0.1) is 0 Å². The number of hydrogen-bond acceptors (Lipinski definition) is 4. The Morgan fingerprint density at radius 2 is 1.96 bits per heavy atom. The van der Waals surface area contributed by atoms with Crippen molar-refractivity contribution in [3.63, 3.8) is 0 Å². The molecule has 0 bridgehead atoms. The van der Waals surface area contributed by atoms with Crippen LogP contribution in [0.2, 0.25) is 0 Å². The smallest absolute Gasteiger partial charge is 0.246 e. The summed E-state index contributed by atoms with van der Waals surface area (Å²) in [4.78, 5) is 0.252. The zero-order valence-corrected chi connectivity index (χ0v) is 16.0. The molecule has 7 heteroatoms. The molecule has 0 unspecified atom stereocenters. The van der Waals surface area contributed by atoms with Gasteiger partial charge in [0.05, 0.1) is 6.20 Å². The van der Waals surface area contributed by atoms with Crippen LogP contribution >= 0.6 is 0 Å². The number of rotatable bonds is 10. The van der Waals surface area contributed by atoms with E-state index in [1.54, 1.807) is 10.9 Å². The largest absolute Gasteiger partial charge is 0.314 e. The fourth-order valence-corrected chi connectivity index (χ4v) is 3.93. The molecule has 1 N–H and O–H groups in total. The maximum atomic E-state index is 12.9. The van der Waals surface area contributed by atoms with Crippen LogP contribution in [0, 0.1) is 0 Å². The lowest BCUT2D eigenvalue weighted by molar-refractivity contribution is 0.423. The number of nitrogens with one attached hydrogen (secondary N) is 1. The van der Waals surface area contributed by atoms with Crippen LogP contribution in [-0.2, 0) is 23.1 Å². The van der Waals surface area contributed by atoms with Crippen LogP contribution in [0.3, 0.4) is 0 Å². The Morgan fingerprint density at radius 3 is 2.60 bits per heavy atom. The molecule has 138 valence electrons. The molecule has 1 aromatic heterocycles. The van der Waals surface area contributed by atoms with Crippen LogP contribution in [0.5, 0.6) is 0 Å². The standard InChI is InChI=1S/C18H28N4O2S/c1-4-22(14-17-9-6-5-7-10-17)25(23,24)18-13-20-21(15-18)12-8-11-19-16(2)3/h5-7,9-10,13,15-16,19H,4,8,11-12,14H2,1-3H3. The van der Waals surface area contributed by atoms with Crippen LogP contribution < -0.4 is 5.32 Å². The highest BCUT2D eigenvalue weighted by molar-refractivity contribution is 7.89. The molecule has 25 heavy (non-hydrogen) atoms. The molecule has 0 spiro atoms. The predicted molar refractivity (Wildman–Crippen MR) is 99.7 cm³/mol. The average Bonchev–Trinajstić information content (AvgIpc) is 3.07. The molecule has 0 amide bonds. The summed E-state index contributed by atoms with van der Waals surface area (Å²) < 4.78 is 28.9. The number of aryl methyl sites for hydroxylation is 1. The van der Waals surface area contributed by atoms with Crippen molar-refractivity contribution in [3.8, 4) is 0 Å². The minimum atomic E-state index is -3.54.